The lowest BCUT2D eigenvalue weighted by Crippen LogP contribution is -2.11. The van der Waals surface area contributed by atoms with Crippen LogP contribution in [0.1, 0.15) is 19.8 Å². The molecule has 0 bridgehead atoms. The molecule has 0 nitrogen and oxygen atoms in total. The van der Waals surface area contributed by atoms with Crippen molar-refractivity contribution in [2.24, 2.45) is 0 Å². The summed E-state index contributed by atoms with van der Waals surface area (Å²) in [4.78, 5) is 0. The van der Waals surface area contributed by atoms with E-state index in [-0.39, 0.29) is 6.42 Å². The van der Waals surface area contributed by atoms with Crippen molar-refractivity contribution in [3.05, 3.63) is 24.3 Å². The van der Waals surface area contributed by atoms with Crippen LogP contribution in [0.15, 0.2) is 24.3 Å². The van der Waals surface area contributed by atoms with Gasteiger partial charge >= 0.3 is 6.18 Å². The zero-order valence-corrected chi connectivity index (χ0v) is 6.41. The maximum Gasteiger partial charge on any atom is 0.412 e. The SMILES string of the molecule is C=CC/C(=C\CC)C(F)(F)F. The Morgan fingerprint density at radius 2 is 2.00 bits per heavy atom. The molecule has 0 amide bonds. The molecule has 0 aliphatic carbocycles. The number of hydrogen-bond donors (Lipinski definition) is 0. The molecule has 11 heavy (non-hydrogen) atoms. The van der Waals surface area contributed by atoms with Crippen molar-refractivity contribution in [2.75, 3.05) is 0 Å². The van der Waals surface area contributed by atoms with E-state index in [0.717, 1.165) is 0 Å². The van der Waals surface area contributed by atoms with Crippen molar-refractivity contribution in [3.63, 3.8) is 0 Å². The van der Waals surface area contributed by atoms with Crippen molar-refractivity contribution in [1.29, 1.82) is 0 Å². The van der Waals surface area contributed by atoms with E-state index < -0.39 is 11.7 Å². The second-order valence-electron chi connectivity index (χ2n) is 2.13. The van der Waals surface area contributed by atoms with Crippen LogP contribution >= 0.6 is 0 Å². The van der Waals surface area contributed by atoms with E-state index in [1.165, 1.54) is 12.2 Å². The molecule has 0 unspecified atom stereocenters. The van der Waals surface area contributed by atoms with Gasteiger partial charge in [-0.1, -0.05) is 19.1 Å². The molecular weight excluding hydrogens is 153 g/mol. The van der Waals surface area contributed by atoms with E-state index in [1.54, 1.807) is 6.92 Å². The van der Waals surface area contributed by atoms with Gasteiger partial charge in [0.15, 0.2) is 0 Å². The summed E-state index contributed by atoms with van der Waals surface area (Å²) in [5.41, 5.74) is -0.505. The highest BCUT2D eigenvalue weighted by atomic mass is 19.4. The van der Waals surface area contributed by atoms with Gasteiger partial charge in [0.2, 0.25) is 0 Å². The van der Waals surface area contributed by atoms with Gasteiger partial charge in [-0.25, -0.2) is 0 Å². The van der Waals surface area contributed by atoms with Crippen LogP contribution in [0, 0.1) is 0 Å². The van der Waals surface area contributed by atoms with Crippen LogP contribution in [0.5, 0.6) is 0 Å². The second-order valence-corrected chi connectivity index (χ2v) is 2.13. The largest absolute Gasteiger partial charge is 0.412 e. The molecular formula is C8H11F3. The molecule has 0 saturated carbocycles. The molecule has 0 fully saturated rings. The van der Waals surface area contributed by atoms with E-state index in [4.69, 9.17) is 0 Å². The summed E-state index contributed by atoms with van der Waals surface area (Å²) in [6.07, 6.45) is -1.44. The molecule has 0 heterocycles. The summed E-state index contributed by atoms with van der Waals surface area (Å²) in [6, 6.07) is 0. The third kappa shape index (κ3) is 3.86. The fraction of sp³-hybridized carbons (Fsp3) is 0.500. The quantitative estimate of drug-likeness (QED) is 0.560. The Kier molecular flexibility index (Phi) is 3.93. The van der Waals surface area contributed by atoms with Gasteiger partial charge in [0, 0.05) is 5.57 Å². The maximum absolute atomic E-state index is 12.0. The van der Waals surface area contributed by atoms with Crippen LogP contribution in [-0.2, 0) is 0 Å². The molecule has 0 radical (unpaired) electrons. The van der Waals surface area contributed by atoms with Gasteiger partial charge in [-0.05, 0) is 12.8 Å². The van der Waals surface area contributed by atoms with Crippen LogP contribution in [-0.4, -0.2) is 6.18 Å². The Hall–Kier alpha value is -0.730. The van der Waals surface area contributed by atoms with Gasteiger partial charge in [0.25, 0.3) is 0 Å². The molecule has 0 aromatic heterocycles. The topological polar surface area (TPSA) is 0 Å². The lowest BCUT2D eigenvalue weighted by molar-refractivity contribution is -0.0931. The summed E-state index contributed by atoms with van der Waals surface area (Å²) >= 11 is 0. The standard InChI is InChI=1S/C8H11F3/c1-3-5-7(6-4-2)8(9,10)11/h3,6H,1,4-5H2,2H3/b7-6+. The molecule has 0 N–H and O–H groups in total. The van der Waals surface area contributed by atoms with Crippen molar-refractivity contribution in [1.82, 2.24) is 0 Å². The number of hydrogen-bond acceptors (Lipinski definition) is 0. The van der Waals surface area contributed by atoms with Crippen molar-refractivity contribution in [3.8, 4) is 0 Å². The lowest BCUT2D eigenvalue weighted by Gasteiger charge is -2.08. The molecule has 0 aromatic carbocycles. The van der Waals surface area contributed by atoms with Crippen LogP contribution in [0.4, 0.5) is 13.2 Å². The lowest BCUT2D eigenvalue weighted by atomic mass is 10.1. The fourth-order valence-corrected chi connectivity index (χ4v) is 0.717. The molecule has 3 heteroatoms. The Morgan fingerprint density at radius 3 is 2.27 bits per heavy atom. The molecule has 0 aliphatic heterocycles. The monoisotopic (exact) mass is 164 g/mol. The third-order valence-electron chi connectivity index (χ3n) is 1.18. The van der Waals surface area contributed by atoms with Crippen molar-refractivity contribution >= 4 is 0 Å². The van der Waals surface area contributed by atoms with Gasteiger partial charge in [-0.3, -0.25) is 0 Å². The van der Waals surface area contributed by atoms with E-state index in [2.05, 4.69) is 6.58 Å². The predicted octanol–water partition coefficient (Wildman–Crippen LogP) is 3.46. The maximum atomic E-state index is 12.0. The number of halogens is 3. The molecule has 0 spiro atoms. The van der Waals surface area contributed by atoms with Gasteiger partial charge in [0.1, 0.15) is 0 Å². The van der Waals surface area contributed by atoms with E-state index in [1.807, 2.05) is 0 Å². The minimum atomic E-state index is -4.19. The molecule has 0 saturated heterocycles. The highest BCUT2D eigenvalue weighted by Crippen LogP contribution is 2.28. The van der Waals surface area contributed by atoms with Gasteiger partial charge in [0.05, 0.1) is 0 Å². The number of alkyl halides is 3. The Labute approximate surface area is 64.4 Å². The van der Waals surface area contributed by atoms with Crippen LogP contribution in [0.3, 0.4) is 0 Å². The Balaban J connectivity index is 4.34. The van der Waals surface area contributed by atoms with Gasteiger partial charge in [-0.15, -0.1) is 6.58 Å². The average Bonchev–Trinajstić information content (AvgIpc) is 1.85. The third-order valence-corrected chi connectivity index (χ3v) is 1.18. The minimum absolute atomic E-state index is 0.0999. The summed E-state index contributed by atoms with van der Waals surface area (Å²) < 4.78 is 35.9. The highest BCUT2D eigenvalue weighted by Gasteiger charge is 2.31. The van der Waals surface area contributed by atoms with Crippen LogP contribution in [0.2, 0.25) is 0 Å². The summed E-state index contributed by atoms with van der Waals surface area (Å²) in [5.74, 6) is 0. The Morgan fingerprint density at radius 1 is 1.45 bits per heavy atom. The normalized spacial score (nSPS) is 13.3. The van der Waals surface area contributed by atoms with E-state index in [0.29, 0.717) is 6.42 Å². The van der Waals surface area contributed by atoms with E-state index >= 15 is 0 Å². The second kappa shape index (κ2) is 4.21. The molecule has 0 aliphatic rings. The molecule has 0 aromatic rings. The Bertz CT molecular complexity index is 153. The molecule has 64 valence electrons. The fourth-order valence-electron chi connectivity index (χ4n) is 0.717. The predicted molar refractivity (Wildman–Crippen MR) is 39.2 cm³/mol. The average molecular weight is 164 g/mol. The van der Waals surface area contributed by atoms with Gasteiger partial charge < -0.3 is 0 Å². The first kappa shape index (κ1) is 10.3. The first-order valence-corrected chi connectivity index (χ1v) is 3.39. The highest BCUT2D eigenvalue weighted by molar-refractivity contribution is 5.11. The summed E-state index contributed by atoms with van der Waals surface area (Å²) in [5, 5.41) is 0. The smallest absolute Gasteiger partial charge is 0.166 e. The zero-order chi connectivity index (χ0) is 8.91. The minimum Gasteiger partial charge on any atom is -0.166 e. The van der Waals surface area contributed by atoms with Crippen molar-refractivity contribution < 1.29 is 13.2 Å². The summed E-state index contributed by atoms with van der Waals surface area (Å²) in [6.45, 7) is 4.93. The number of allylic oxidation sites excluding steroid dienone is 3. The molecule has 0 rings (SSSR count). The zero-order valence-electron chi connectivity index (χ0n) is 6.41. The summed E-state index contributed by atoms with van der Waals surface area (Å²) in [7, 11) is 0. The first-order valence-electron chi connectivity index (χ1n) is 3.39. The van der Waals surface area contributed by atoms with E-state index in [9.17, 15) is 13.2 Å². The van der Waals surface area contributed by atoms with Crippen LogP contribution < -0.4 is 0 Å². The van der Waals surface area contributed by atoms with Crippen molar-refractivity contribution in [2.45, 2.75) is 25.9 Å². The first-order chi connectivity index (χ1) is 5.02. The molecule has 0 atom stereocenters. The van der Waals surface area contributed by atoms with Crippen LogP contribution in [0.25, 0.3) is 0 Å². The van der Waals surface area contributed by atoms with Gasteiger partial charge in [-0.2, -0.15) is 13.2 Å². The number of rotatable bonds is 3.